The molecule has 0 saturated carbocycles. The summed E-state index contributed by atoms with van der Waals surface area (Å²) in [4.78, 5) is 39.3. The minimum absolute atomic E-state index is 0.0919. The molecule has 3 aromatic carbocycles. The molecule has 1 aliphatic rings. The maximum atomic E-state index is 13.8. The number of ether oxygens (including phenoxy) is 3. The standard InChI is InChI=1S/C33H39N3O7/c1-18(2)15-27(33(40)35-21-8-10-22(38)11-9-21)36-26-14-12-23-24(17-28(26)39)25(34-19(3)37)13-7-20-16-29(41-4)31(42-5)32(43-6)30(20)23/h8-12,14,16-18,25,27,38H,7,13,15H2,1-6H3,(H,34,37)(H,35,40)(H,36,39)/t25-,27-/m1/s1. The van der Waals surface area contributed by atoms with Crippen molar-refractivity contribution in [3.05, 3.63) is 69.9 Å². The SMILES string of the molecule is COc1cc2c(c(OC)c1OC)-c1ccc(N[C@H](CC(C)C)C(=O)Nc3ccc(O)cc3)c(=O)cc1[C@H](NC(C)=O)CC2. The number of phenols is 1. The summed E-state index contributed by atoms with van der Waals surface area (Å²) in [6, 6.07) is 11.9. The maximum absolute atomic E-state index is 13.8. The highest BCUT2D eigenvalue weighted by atomic mass is 16.5. The minimum atomic E-state index is -0.721. The minimum Gasteiger partial charge on any atom is -0.508 e. The number of phenolic OH excluding ortho intramolecular Hbond substituents is 1. The number of hydrogen-bond acceptors (Lipinski definition) is 8. The lowest BCUT2D eigenvalue weighted by Crippen LogP contribution is -2.37. The smallest absolute Gasteiger partial charge is 0.246 e. The summed E-state index contributed by atoms with van der Waals surface area (Å²) in [5, 5.41) is 18.6. The van der Waals surface area contributed by atoms with Crippen LogP contribution in [0.1, 0.15) is 50.8 Å². The fourth-order valence-corrected chi connectivity index (χ4v) is 5.49. The van der Waals surface area contributed by atoms with Gasteiger partial charge in [-0.3, -0.25) is 14.4 Å². The van der Waals surface area contributed by atoms with Gasteiger partial charge in [0, 0.05) is 18.2 Å². The number of benzene rings is 2. The lowest BCUT2D eigenvalue weighted by molar-refractivity contribution is -0.120. The van der Waals surface area contributed by atoms with Crippen molar-refractivity contribution in [3.63, 3.8) is 0 Å². The van der Waals surface area contributed by atoms with Crippen LogP contribution in [0.25, 0.3) is 11.1 Å². The van der Waals surface area contributed by atoms with Gasteiger partial charge in [0.1, 0.15) is 11.8 Å². The molecule has 2 amide bonds. The third-order valence-corrected chi connectivity index (χ3v) is 7.40. The molecule has 0 aliphatic heterocycles. The van der Waals surface area contributed by atoms with E-state index in [0.717, 1.165) is 11.1 Å². The van der Waals surface area contributed by atoms with Crippen LogP contribution in [0.3, 0.4) is 0 Å². The van der Waals surface area contributed by atoms with Crippen LogP contribution in [0.15, 0.2) is 53.3 Å². The van der Waals surface area contributed by atoms with E-state index in [9.17, 15) is 19.5 Å². The highest BCUT2D eigenvalue weighted by Gasteiger charge is 2.30. The lowest BCUT2D eigenvalue weighted by Gasteiger charge is -2.20. The predicted octanol–water partition coefficient (Wildman–Crippen LogP) is 5.03. The van der Waals surface area contributed by atoms with Crippen LogP contribution in [0, 0.1) is 5.92 Å². The molecule has 3 aromatic rings. The van der Waals surface area contributed by atoms with Crippen LogP contribution in [-0.4, -0.2) is 44.3 Å². The molecule has 2 atom stereocenters. The summed E-state index contributed by atoms with van der Waals surface area (Å²) in [5.74, 6) is 1.10. The van der Waals surface area contributed by atoms with Crippen LogP contribution in [-0.2, 0) is 16.0 Å². The van der Waals surface area contributed by atoms with Crippen LogP contribution < -0.4 is 35.6 Å². The fraction of sp³-hybridized carbons (Fsp3) is 0.364. The van der Waals surface area contributed by atoms with Crippen LogP contribution in [0.2, 0.25) is 0 Å². The Bertz CT molecular complexity index is 1550. The Kier molecular flexibility index (Phi) is 9.80. The second kappa shape index (κ2) is 13.5. The summed E-state index contributed by atoms with van der Waals surface area (Å²) < 4.78 is 17.1. The number of anilines is 2. The van der Waals surface area contributed by atoms with Crippen molar-refractivity contribution >= 4 is 23.2 Å². The van der Waals surface area contributed by atoms with Crippen molar-refractivity contribution in [2.45, 2.75) is 52.1 Å². The summed E-state index contributed by atoms with van der Waals surface area (Å²) in [5.41, 5.74) is 3.43. The highest BCUT2D eigenvalue weighted by Crippen LogP contribution is 2.50. The number of carbonyl (C=O) groups excluding carboxylic acids is 2. The molecular weight excluding hydrogens is 550 g/mol. The number of methoxy groups -OCH3 is 3. The third kappa shape index (κ3) is 7.02. The van der Waals surface area contributed by atoms with Crippen LogP contribution in [0.5, 0.6) is 23.0 Å². The van der Waals surface area contributed by atoms with Crippen molar-refractivity contribution in [1.29, 1.82) is 0 Å². The van der Waals surface area contributed by atoms with Crippen molar-refractivity contribution in [2.24, 2.45) is 5.92 Å². The molecule has 0 heterocycles. The number of nitrogens with one attached hydrogen (secondary N) is 3. The third-order valence-electron chi connectivity index (χ3n) is 7.40. The number of amides is 2. The Morgan fingerprint density at radius 1 is 0.977 bits per heavy atom. The molecule has 0 bridgehead atoms. The van der Waals surface area contributed by atoms with Gasteiger partial charge in [-0.1, -0.05) is 19.9 Å². The molecule has 228 valence electrons. The Morgan fingerprint density at radius 3 is 2.28 bits per heavy atom. The molecule has 1 aliphatic carbocycles. The molecule has 0 unspecified atom stereocenters. The maximum Gasteiger partial charge on any atom is 0.246 e. The van der Waals surface area contributed by atoms with Gasteiger partial charge in [0.25, 0.3) is 0 Å². The van der Waals surface area contributed by atoms with E-state index in [0.29, 0.717) is 53.3 Å². The topological polar surface area (TPSA) is 135 Å². The van der Waals surface area contributed by atoms with E-state index in [2.05, 4.69) is 16.0 Å². The largest absolute Gasteiger partial charge is 0.508 e. The first-order valence-corrected chi connectivity index (χ1v) is 14.2. The monoisotopic (exact) mass is 589 g/mol. The van der Waals surface area contributed by atoms with E-state index in [1.807, 2.05) is 26.0 Å². The Hall–Kier alpha value is -4.73. The average molecular weight is 590 g/mol. The van der Waals surface area contributed by atoms with Gasteiger partial charge in [-0.2, -0.15) is 0 Å². The summed E-state index contributed by atoms with van der Waals surface area (Å²) in [6.07, 6.45) is 1.59. The van der Waals surface area contributed by atoms with Gasteiger partial charge in [-0.05, 0) is 84.3 Å². The molecule has 0 radical (unpaired) electrons. The van der Waals surface area contributed by atoms with E-state index in [1.54, 1.807) is 32.4 Å². The van der Waals surface area contributed by atoms with Gasteiger partial charge in [0.2, 0.25) is 23.0 Å². The zero-order valence-corrected chi connectivity index (χ0v) is 25.4. The Morgan fingerprint density at radius 2 is 1.67 bits per heavy atom. The molecule has 0 aromatic heterocycles. The van der Waals surface area contributed by atoms with E-state index >= 15 is 0 Å². The average Bonchev–Trinajstić information content (AvgIpc) is 3.21. The molecule has 4 rings (SSSR count). The van der Waals surface area contributed by atoms with Gasteiger partial charge < -0.3 is 35.3 Å². The summed E-state index contributed by atoms with van der Waals surface area (Å²) in [6.45, 7) is 5.44. The summed E-state index contributed by atoms with van der Waals surface area (Å²) >= 11 is 0. The molecule has 0 saturated heterocycles. The number of carbonyl (C=O) groups is 2. The van der Waals surface area contributed by atoms with Crippen molar-refractivity contribution in [1.82, 2.24) is 5.32 Å². The van der Waals surface area contributed by atoms with Gasteiger partial charge in [-0.15, -0.1) is 0 Å². The molecule has 10 nitrogen and oxygen atoms in total. The Labute approximate surface area is 251 Å². The molecule has 10 heteroatoms. The second-order valence-electron chi connectivity index (χ2n) is 11.0. The first-order chi connectivity index (χ1) is 20.6. The van der Waals surface area contributed by atoms with Crippen molar-refractivity contribution in [2.75, 3.05) is 32.0 Å². The zero-order valence-electron chi connectivity index (χ0n) is 25.4. The zero-order chi connectivity index (χ0) is 31.3. The van der Waals surface area contributed by atoms with Gasteiger partial charge in [0.05, 0.1) is 33.1 Å². The molecule has 43 heavy (non-hydrogen) atoms. The number of aryl methyl sites for hydroxylation is 1. The van der Waals surface area contributed by atoms with Crippen molar-refractivity contribution in [3.8, 4) is 34.1 Å². The highest BCUT2D eigenvalue weighted by molar-refractivity contribution is 5.96. The van der Waals surface area contributed by atoms with Gasteiger partial charge >= 0.3 is 0 Å². The van der Waals surface area contributed by atoms with E-state index in [4.69, 9.17) is 14.2 Å². The Balaban J connectivity index is 1.84. The van der Waals surface area contributed by atoms with E-state index < -0.39 is 12.1 Å². The van der Waals surface area contributed by atoms with Crippen LogP contribution >= 0.6 is 0 Å². The van der Waals surface area contributed by atoms with Gasteiger partial charge in [0.15, 0.2) is 11.5 Å². The first-order valence-electron chi connectivity index (χ1n) is 14.2. The fourth-order valence-electron chi connectivity index (χ4n) is 5.49. The predicted molar refractivity (Wildman–Crippen MR) is 166 cm³/mol. The molecule has 0 spiro atoms. The number of fused-ring (bicyclic) bond motifs is 3. The van der Waals surface area contributed by atoms with E-state index in [1.165, 1.54) is 32.2 Å². The summed E-state index contributed by atoms with van der Waals surface area (Å²) in [7, 11) is 4.64. The van der Waals surface area contributed by atoms with Gasteiger partial charge in [-0.25, -0.2) is 0 Å². The quantitative estimate of drug-likeness (QED) is 0.242. The number of hydrogen-bond donors (Lipinski definition) is 4. The molecular formula is C33H39N3O7. The second-order valence-corrected chi connectivity index (χ2v) is 11.0. The number of aromatic hydroxyl groups is 1. The molecule has 4 N–H and O–H groups in total. The molecule has 0 fully saturated rings. The number of rotatable bonds is 10. The first kappa shape index (κ1) is 31.2. The lowest BCUT2D eigenvalue weighted by atomic mass is 9.95. The normalized spacial score (nSPS) is 14.4. The van der Waals surface area contributed by atoms with E-state index in [-0.39, 0.29) is 34.6 Å². The van der Waals surface area contributed by atoms with Crippen LogP contribution in [0.4, 0.5) is 11.4 Å². The van der Waals surface area contributed by atoms with Crippen molar-refractivity contribution < 1.29 is 28.9 Å².